The molecule has 1 fully saturated rings. The van der Waals surface area contributed by atoms with Gasteiger partial charge in [-0.3, -0.25) is 4.79 Å². The zero-order chi connectivity index (χ0) is 15.4. The zero-order valence-corrected chi connectivity index (χ0v) is 13.2. The van der Waals surface area contributed by atoms with Crippen molar-refractivity contribution in [2.75, 3.05) is 0 Å². The molecule has 3 rings (SSSR count). The Labute approximate surface area is 138 Å². The van der Waals surface area contributed by atoms with Gasteiger partial charge >= 0.3 is 0 Å². The number of thiocarbonyl (C=S) groups is 1. The van der Waals surface area contributed by atoms with Crippen LogP contribution in [0.2, 0.25) is 0 Å². The SMILES string of the molecule is O=C1NC(=S)S/C1=C/c1ccc(OCc2ccccc2)cc1. The Hall–Kier alpha value is -2.11. The van der Waals surface area contributed by atoms with E-state index in [1.165, 1.54) is 11.8 Å². The van der Waals surface area contributed by atoms with Gasteiger partial charge in [0.05, 0.1) is 4.91 Å². The number of ether oxygens (including phenoxy) is 1. The predicted molar refractivity (Wildman–Crippen MR) is 93.5 cm³/mol. The molecule has 0 aliphatic carbocycles. The molecule has 22 heavy (non-hydrogen) atoms. The van der Waals surface area contributed by atoms with Gasteiger partial charge in [0.15, 0.2) is 0 Å². The molecule has 1 aliphatic rings. The first-order valence-electron chi connectivity index (χ1n) is 6.72. The molecule has 0 unspecified atom stereocenters. The fourth-order valence-electron chi connectivity index (χ4n) is 1.97. The van der Waals surface area contributed by atoms with Gasteiger partial charge in [-0.1, -0.05) is 66.4 Å². The Balaban J connectivity index is 1.64. The molecule has 2 aromatic rings. The summed E-state index contributed by atoms with van der Waals surface area (Å²) < 4.78 is 6.23. The molecule has 1 heterocycles. The molecule has 0 spiro atoms. The van der Waals surface area contributed by atoms with E-state index in [2.05, 4.69) is 5.32 Å². The lowest BCUT2D eigenvalue weighted by Crippen LogP contribution is -2.17. The number of nitrogens with one attached hydrogen (secondary N) is 1. The summed E-state index contributed by atoms with van der Waals surface area (Å²) in [5.41, 5.74) is 2.07. The third kappa shape index (κ3) is 3.75. The van der Waals surface area contributed by atoms with Gasteiger partial charge in [0.1, 0.15) is 16.7 Å². The monoisotopic (exact) mass is 327 g/mol. The van der Waals surface area contributed by atoms with E-state index in [1.54, 1.807) is 0 Å². The van der Waals surface area contributed by atoms with Crippen LogP contribution >= 0.6 is 24.0 Å². The van der Waals surface area contributed by atoms with Crippen LogP contribution in [0.4, 0.5) is 0 Å². The van der Waals surface area contributed by atoms with Gasteiger partial charge < -0.3 is 10.1 Å². The van der Waals surface area contributed by atoms with E-state index in [4.69, 9.17) is 17.0 Å². The van der Waals surface area contributed by atoms with E-state index in [0.717, 1.165) is 16.9 Å². The smallest absolute Gasteiger partial charge is 0.263 e. The maximum Gasteiger partial charge on any atom is 0.263 e. The summed E-state index contributed by atoms with van der Waals surface area (Å²) in [5.74, 6) is 0.657. The van der Waals surface area contributed by atoms with Crippen LogP contribution in [0.5, 0.6) is 5.75 Å². The molecule has 1 N–H and O–H groups in total. The van der Waals surface area contributed by atoms with Crippen molar-refractivity contribution in [3.05, 3.63) is 70.6 Å². The zero-order valence-electron chi connectivity index (χ0n) is 11.6. The molecule has 2 aromatic carbocycles. The standard InChI is InChI=1S/C17H13NO2S2/c19-16-15(22-17(21)18-16)10-12-6-8-14(9-7-12)20-11-13-4-2-1-3-5-13/h1-10H,11H2,(H,18,19,21)/b15-10+. The summed E-state index contributed by atoms with van der Waals surface area (Å²) in [4.78, 5) is 12.2. The van der Waals surface area contributed by atoms with Crippen LogP contribution in [-0.2, 0) is 11.4 Å². The Morgan fingerprint density at radius 3 is 2.45 bits per heavy atom. The highest BCUT2D eigenvalue weighted by Crippen LogP contribution is 2.26. The van der Waals surface area contributed by atoms with Gasteiger partial charge in [-0.2, -0.15) is 0 Å². The van der Waals surface area contributed by atoms with Crippen LogP contribution < -0.4 is 10.1 Å². The van der Waals surface area contributed by atoms with Crippen molar-refractivity contribution in [1.82, 2.24) is 5.32 Å². The maximum absolute atomic E-state index is 11.6. The van der Waals surface area contributed by atoms with Crippen molar-refractivity contribution in [1.29, 1.82) is 0 Å². The third-order valence-electron chi connectivity index (χ3n) is 3.07. The van der Waals surface area contributed by atoms with Crippen molar-refractivity contribution in [2.24, 2.45) is 0 Å². The number of hydrogen-bond donors (Lipinski definition) is 1. The van der Waals surface area contributed by atoms with E-state index < -0.39 is 0 Å². The Bertz CT molecular complexity index is 724. The van der Waals surface area contributed by atoms with E-state index in [0.29, 0.717) is 15.8 Å². The lowest BCUT2D eigenvalue weighted by Gasteiger charge is -2.06. The second-order valence-corrected chi connectivity index (χ2v) is 6.41. The number of carbonyl (C=O) groups excluding carboxylic acids is 1. The summed E-state index contributed by atoms with van der Waals surface area (Å²) >= 11 is 6.24. The molecule has 3 nitrogen and oxygen atoms in total. The molecule has 1 saturated heterocycles. The van der Waals surface area contributed by atoms with Crippen LogP contribution in [0.15, 0.2) is 59.5 Å². The van der Waals surface area contributed by atoms with Gasteiger partial charge in [-0.05, 0) is 29.3 Å². The Morgan fingerprint density at radius 2 is 1.82 bits per heavy atom. The van der Waals surface area contributed by atoms with Crippen molar-refractivity contribution >= 4 is 40.3 Å². The van der Waals surface area contributed by atoms with Crippen molar-refractivity contribution in [3.63, 3.8) is 0 Å². The average Bonchev–Trinajstić information content (AvgIpc) is 2.85. The predicted octanol–water partition coefficient (Wildman–Crippen LogP) is 3.75. The van der Waals surface area contributed by atoms with Gasteiger partial charge in [0, 0.05) is 0 Å². The second-order valence-electron chi connectivity index (χ2n) is 4.70. The third-order valence-corrected chi connectivity index (χ3v) is 4.23. The molecule has 0 saturated carbocycles. The summed E-state index contributed by atoms with van der Waals surface area (Å²) in [6.45, 7) is 0.536. The van der Waals surface area contributed by atoms with E-state index in [-0.39, 0.29) is 5.91 Å². The highest BCUT2D eigenvalue weighted by Gasteiger charge is 2.21. The van der Waals surface area contributed by atoms with Gasteiger partial charge in [-0.25, -0.2) is 0 Å². The van der Waals surface area contributed by atoms with Crippen LogP contribution in [-0.4, -0.2) is 10.2 Å². The molecular weight excluding hydrogens is 314 g/mol. The number of rotatable bonds is 4. The highest BCUT2D eigenvalue weighted by atomic mass is 32.2. The molecular formula is C17H13NO2S2. The fraction of sp³-hybridized carbons (Fsp3) is 0.0588. The van der Waals surface area contributed by atoms with Crippen molar-refractivity contribution in [3.8, 4) is 5.75 Å². The summed E-state index contributed by atoms with van der Waals surface area (Å²) in [7, 11) is 0. The van der Waals surface area contributed by atoms with E-state index in [9.17, 15) is 4.79 Å². The van der Waals surface area contributed by atoms with Crippen molar-refractivity contribution < 1.29 is 9.53 Å². The van der Waals surface area contributed by atoms with Gasteiger partial charge in [0.25, 0.3) is 5.91 Å². The minimum atomic E-state index is -0.139. The first-order valence-corrected chi connectivity index (χ1v) is 7.95. The molecule has 110 valence electrons. The van der Waals surface area contributed by atoms with E-state index >= 15 is 0 Å². The lowest BCUT2D eigenvalue weighted by atomic mass is 10.2. The van der Waals surface area contributed by atoms with Gasteiger partial charge in [-0.15, -0.1) is 0 Å². The Morgan fingerprint density at radius 1 is 1.09 bits per heavy atom. The average molecular weight is 327 g/mol. The minimum absolute atomic E-state index is 0.139. The largest absolute Gasteiger partial charge is 0.489 e. The molecule has 1 aliphatic heterocycles. The Kier molecular flexibility index (Phi) is 4.56. The quantitative estimate of drug-likeness (QED) is 0.685. The first kappa shape index (κ1) is 14.8. The summed E-state index contributed by atoms with van der Waals surface area (Å²) in [6, 6.07) is 17.6. The van der Waals surface area contributed by atoms with Crippen LogP contribution in [0.3, 0.4) is 0 Å². The second kappa shape index (κ2) is 6.77. The minimum Gasteiger partial charge on any atom is -0.489 e. The number of benzene rings is 2. The van der Waals surface area contributed by atoms with Crippen LogP contribution in [0, 0.1) is 0 Å². The summed E-state index contributed by atoms with van der Waals surface area (Å²) in [5, 5.41) is 2.60. The fourth-order valence-corrected chi connectivity index (χ4v) is 3.02. The van der Waals surface area contributed by atoms with Crippen molar-refractivity contribution in [2.45, 2.75) is 6.61 Å². The molecule has 0 bridgehead atoms. The molecule has 0 atom stereocenters. The molecule has 1 amide bonds. The van der Waals surface area contributed by atoms with Crippen LogP contribution in [0.25, 0.3) is 6.08 Å². The highest BCUT2D eigenvalue weighted by molar-refractivity contribution is 8.26. The first-order chi connectivity index (χ1) is 10.7. The molecule has 5 heteroatoms. The number of hydrogen-bond acceptors (Lipinski definition) is 4. The normalized spacial score (nSPS) is 15.9. The number of carbonyl (C=O) groups is 1. The van der Waals surface area contributed by atoms with Crippen LogP contribution in [0.1, 0.15) is 11.1 Å². The molecule has 0 radical (unpaired) electrons. The molecule has 0 aromatic heterocycles. The topological polar surface area (TPSA) is 38.3 Å². The number of thioether (sulfide) groups is 1. The lowest BCUT2D eigenvalue weighted by molar-refractivity contribution is -0.115. The maximum atomic E-state index is 11.6. The van der Waals surface area contributed by atoms with E-state index in [1.807, 2.05) is 60.7 Å². The number of amides is 1. The van der Waals surface area contributed by atoms with Gasteiger partial charge in [0.2, 0.25) is 0 Å². The summed E-state index contributed by atoms with van der Waals surface area (Å²) in [6.07, 6.45) is 1.82.